The van der Waals surface area contributed by atoms with Crippen molar-refractivity contribution in [2.24, 2.45) is 5.73 Å². The van der Waals surface area contributed by atoms with Crippen LogP contribution in [0.1, 0.15) is 20.3 Å². The molecule has 0 spiro atoms. The van der Waals surface area contributed by atoms with Crippen LogP contribution in [0.2, 0.25) is 0 Å². The lowest BCUT2D eigenvalue weighted by Gasteiger charge is -2.28. The molecule has 62 valence electrons. The van der Waals surface area contributed by atoms with Gasteiger partial charge in [0, 0.05) is 14.2 Å². The molecule has 0 aromatic carbocycles. The van der Waals surface area contributed by atoms with Crippen molar-refractivity contribution in [3.05, 3.63) is 0 Å². The summed E-state index contributed by atoms with van der Waals surface area (Å²) >= 11 is 0. The van der Waals surface area contributed by atoms with Crippen LogP contribution in [0.5, 0.6) is 0 Å². The van der Waals surface area contributed by atoms with Gasteiger partial charge >= 0.3 is 9.28 Å². The highest BCUT2D eigenvalue weighted by atomic mass is 28.3. The minimum Gasteiger partial charge on any atom is -0.399 e. The molecule has 0 radical (unpaired) electrons. The molecule has 0 aromatic heterocycles. The summed E-state index contributed by atoms with van der Waals surface area (Å²) in [7, 11) is 1.68. The zero-order chi connectivity index (χ0) is 8.20. The van der Waals surface area contributed by atoms with E-state index in [0.717, 1.165) is 6.42 Å². The van der Waals surface area contributed by atoms with Gasteiger partial charge in [-0.2, -0.15) is 0 Å². The molecule has 0 fully saturated rings. The first kappa shape index (κ1) is 10.1. The molecular weight excluding hydrogens is 146 g/mol. The van der Waals surface area contributed by atoms with Crippen molar-refractivity contribution in [2.45, 2.75) is 25.4 Å². The number of rotatable bonds is 4. The molecular formula is C6H17NO2Si. The molecule has 0 aliphatic carbocycles. The normalized spacial score (nSPS) is 17.4. The Kier molecular flexibility index (Phi) is 4.11. The van der Waals surface area contributed by atoms with Gasteiger partial charge in [-0.1, -0.05) is 6.92 Å². The summed E-state index contributed by atoms with van der Waals surface area (Å²) in [5, 5.41) is -0.247. The molecule has 0 bridgehead atoms. The summed E-state index contributed by atoms with van der Waals surface area (Å²) < 4.78 is 10.3. The van der Waals surface area contributed by atoms with E-state index in [0.29, 0.717) is 0 Å². The van der Waals surface area contributed by atoms with E-state index in [1.807, 2.05) is 13.8 Å². The molecule has 0 aliphatic heterocycles. The number of nitrogens with two attached hydrogens (primary N) is 1. The first-order chi connectivity index (χ1) is 4.58. The first-order valence-electron chi connectivity index (χ1n) is 3.43. The second-order valence-corrected chi connectivity index (χ2v) is 5.59. The van der Waals surface area contributed by atoms with E-state index in [1.54, 1.807) is 14.2 Å². The fourth-order valence-corrected chi connectivity index (χ4v) is 2.40. The molecule has 0 heterocycles. The maximum absolute atomic E-state index is 5.89. The Morgan fingerprint density at radius 3 is 1.90 bits per heavy atom. The van der Waals surface area contributed by atoms with Crippen LogP contribution in [0.25, 0.3) is 0 Å². The van der Waals surface area contributed by atoms with Gasteiger partial charge in [0.2, 0.25) is 0 Å². The molecule has 1 unspecified atom stereocenters. The highest BCUT2D eigenvalue weighted by Crippen LogP contribution is 2.10. The third-order valence-electron chi connectivity index (χ3n) is 1.73. The van der Waals surface area contributed by atoms with E-state index < -0.39 is 9.28 Å². The quantitative estimate of drug-likeness (QED) is 0.601. The van der Waals surface area contributed by atoms with Gasteiger partial charge < -0.3 is 14.6 Å². The van der Waals surface area contributed by atoms with Crippen LogP contribution < -0.4 is 5.73 Å². The summed E-state index contributed by atoms with van der Waals surface area (Å²) in [6.45, 7) is 4.01. The minimum absolute atomic E-state index is 0.247. The van der Waals surface area contributed by atoms with Gasteiger partial charge in [0.25, 0.3) is 0 Å². The largest absolute Gasteiger partial charge is 0.399 e. The summed E-state index contributed by atoms with van der Waals surface area (Å²) in [4.78, 5) is 0. The van der Waals surface area contributed by atoms with E-state index in [-0.39, 0.29) is 5.16 Å². The van der Waals surface area contributed by atoms with E-state index in [4.69, 9.17) is 14.6 Å². The molecule has 3 nitrogen and oxygen atoms in total. The zero-order valence-corrected chi connectivity index (χ0v) is 8.33. The highest BCUT2D eigenvalue weighted by molar-refractivity contribution is 6.48. The SMILES string of the molecule is CCC(C)(N)[SiH](OC)OC. The Labute approximate surface area is 64.4 Å². The van der Waals surface area contributed by atoms with Crippen LogP contribution in [-0.4, -0.2) is 28.7 Å². The lowest BCUT2D eigenvalue weighted by molar-refractivity contribution is 0.244. The van der Waals surface area contributed by atoms with Crippen molar-refractivity contribution in [3.63, 3.8) is 0 Å². The first-order valence-corrected chi connectivity index (χ1v) is 4.95. The fraction of sp³-hybridized carbons (Fsp3) is 1.00. The van der Waals surface area contributed by atoms with Crippen molar-refractivity contribution in [3.8, 4) is 0 Å². The second-order valence-electron chi connectivity index (χ2n) is 2.66. The summed E-state index contributed by atoms with van der Waals surface area (Å²) in [5.41, 5.74) is 5.89. The van der Waals surface area contributed by atoms with Crippen molar-refractivity contribution in [2.75, 3.05) is 14.2 Å². The van der Waals surface area contributed by atoms with E-state index in [1.165, 1.54) is 0 Å². The van der Waals surface area contributed by atoms with E-state index in [9.17, 15) is 0 Å². The van der Waals surface area contributed by atoms with Crippen LogP contribution in [0.4, 0.5) is 0 Å². The molecule has 0 aliphatic rings. The van der Waals surface area contributed by atoms with Crippen molar-refractivity contribution in [1.82, 2.24) is 0 Å². The zero-order valence-electron chi connectivity index (χ0n) is 7.18. The average Bonchev–Trinajstić information content (AvgIpc) is 1.90. The Hall–Kier alpha value is 0.0969. The standard InChI is InChI=1S/C6H17NO2Si/c1-5-6(2,7)10(8-3)9-4/h10H,5,7H2,1-4H3. The average molecular weight is 163 g/mol. The monoisotopic (exact) mass is 163 g/mol. The van der Waals surface area contributed by atoms with Gasteiger partial charge in [-0.25, -0.2) is 0 Å². The van der Waals surface area contributed by atoms with Gasteiger partial charge in [0.15, 0.2) is 0 Å². The van der Waals surface area contributed by atoms with Crippen molar-refractivity contribution >= 4 is 9.28 Å². The van der Waals surface area contributed by atoms with Crippen molar-refractivity contribution in [1.29, 1.82) is 0 Å². The Bertz CT molecular complexity index is 93.7. The lowest BCUT2D eigenvalue weighted by Crippen LogP contribution is -2.53. The predicted molar refractivity (Wildman–Crippen MR) is 44.1 cm³/mol. The third-order valence-corrected chi connectivity index (χ3v) is 4.07. The van der Waals surface area contributed by atoms with Crippen LogP contribution >= 0.6 is 0 Å². The Balaban J connectivity index is 3.97. The van der Waals surface area contributed by atoms with Gasteiger partial charge in [-0.3, -0.25) is 0 Å². The molecule has 0 saturated carbocycles. The molecule has 0 saturated heterocycles. The molecule has 0 rings (SSSR count). The van der Waals surface area contributed by atoms with E-state index in [2.05, 4.69) is 0 Å². The predicted octanol–water partition coefficient (Wildman–Crippen LogP) is 0.166. The molecule has 4 heteroatoms. The minimum atomic E-state index is -1.62. The maximum atomic E-state index is 5.89. The Morgan fingerprint density at radius 2 is 1.80 bits per heavy atom. The van der Waals surface area contributed by atoms with Gasteiger partial charge in [0.1, 0.15) is 0 Å². The van der Waals surface area contributed by atoms with E-state index >= 15 is 0 Å². The summed E-state index contributed by atoms with van der Waals surface area (Å²) in [6.07, 6.45) is 0.894. The summed E-state index contributed by atoms with van der Waals surface area (Å²) in [6, 6.07) is 0. The molecule has 0 aromatic rings. The highest BCUT2D eigenvalue weighted by Gasteiger charge is 2.31. The van der Waals surface area contributed by atoms with Gasteiger partial charge in [-0.05, 0) is 13.3 Å². The van der Waals surface area contributed by atoms with Crippen LogP contribution in [0, 0.1) is 0 Å². The second kappa shape index (κ2) is 4.08. The van der Waals surface area contributed by atoms with Crippen molar-refractivity contribution < 1.29 is 8.85 Å². The topological polar surface area (TPSA) is 44.5 Å². The Morgan fingerprint density at radius 1 is 1.40 bits per heavy atom. The smallest absolute Gasteiger partial charge is 0.341 e. The fourth-order valence-electron chi connectivity index (χ4n) is 0.801. The lowest BCUT2D eigenvalue weighted by atomic mass is 10.3. The van der Waals surface area contributed by atoms with Crippen LogP contribution in [0.15, 0.2) is 0 Å². The van der Waals surface area contributed by atoms with Crippen LogP contribution in [-0.2, 0) is 8.85 Å². The number of hydrogen-bond acceptors (Lipinski definition) is 3. The number of hydrogen-bond donors (Lipinski definition) is 1. The third kappa shape index (κ3) is 2.38. The molecule has 0 amide bonds. The summed E-state index contributed by atoms with van der Waals surface area (Å²) in [5.74, 6) is 0. The molecule has 2 N–H and O–H groups in total. The van der Waals surface area contributed by atoms with Crippen LogP contribution in [0.3, 0.4) is 0 Å². The van der Waals surface area contributed by atoms with Gasteiger partial charge in [0.05, 0.1) is 5.16 Å². The molecule has 1 atom stereocenters. The maximum Gasteiger partial charge on any atom is 0.341 e. The van der Waals surface area contributed by atoms with Gasteiger partial charge in [-0.15, -0.1) is 0 Å². The molecule has 10 heavy (non-hydrogen) atoms.